The van der Waals surface area contributed by atoms with Crippen molar-refractivity contribution in [2.45, 2.75) is 0 Å². The highest BCUT2D eigenvalue weighted by Crippen LogP contribution is 2.56. The lowest BCUT2D eigenvalue weighted by atomic mass is 10.4. The van der Waals surface area contributed by atoms with Crippen molar-refractivity contribution in [3.05, 3.63) is 112 Å². The summed E-state index contributed by atoms with van der Waals surface area (Å²) in [6.07, 6.45) is 0. The summed E-state index contributed by atoms with van der Waals surface area (Å²) >= 11 is 0. The van der Waals surface area contributed by atoms with Crippen LogP contribution in [0.15, 0.2) is 101 Å². The van der Waals surface area contributed by atoms with Crippen molar-refractivity contribution in [3.63, 3.8) is 0 Å². The Bertz CT molecular complexity index is 1220. The summed E-state index contributed by atoms with van der Waals surface area (Å²) in [5, 5.41) is 15.5. The lowest BCUT2D eigenvalue weighted by Crippen LogP contribution is -2.41. The third-order valence-electron chi connectivity index (χ3n) is 5.16. The van der Waals surface area contributed by atoms with Crippen molar-refractivity contribution in [2.75, 3.05) is 0 Å². The van der Waals surface area contributed by atoms with E-state index in [1.54, 1.807) is 0 Å². The zero-order valence-corrected chi connectivity index (χ0v) is 18.0. The van der Waals surface area contributed by atoms with E-state index in [0.29, 0.717) is 0 Å². The Labute approximate surface area is 180 Å². The van der Waals surface area contributed by atoms with Gasteiger partial charge in [0.15, 0.2) is 0 Å². The number of hydrogen-bond donors (Lipinski definition) is 0. The molecule has 0 N–H and O–H groups in total. The maximum atomic E-state index is 13.0. The minimum Gasteiger partial charge on any atom is -0.857 e. The van der Waals surface area contributed by atoms with Crippen molar-refractivity contribution in [2.24, 2.45) is 14.1 Å². The average molecular weight is 432 g/mol. The molecule has 156 valence electrons. The lowest BCUT2D eigenvalue weighted by molar-refractivity contribution is -0.281. The third-order valence-corrected chi connectivity index (χ3v) is 8.69. The van der Waals surface area contributed by atoms with Crippen molar-refractivity contribution in [1.29, 1.82) is 0 Å². The normalized spacial score (nSPS) is 11.3. The van der Waals surface area contributed by atoms with E-state index < -0.39 is 24.6 Å². The minimum absolute atomic E-state index is 0.366. The fraction of sp³-hybridized carbons (Fsp3) is 0.0833. The predicted octanol–water partition coefficient (Wildman–Crippen LogP) is 1.45. The van der Waals surface area contributed by atoms with Gasteiger partial charge in [-0.25, -0.2) is 4.79 Å². The smallest absolute Gasteiger partial charge is 0.330 e. The van der Waals surface area contributed by atoms with Gasteiger partial charge in [0, 0.05) is 20.0 Å². The molecule has 0 aliphatic rings. The molecule has 0 saturated carbocycles. The van der Waals surface area contributed by atoms with Crippen LogP contribution in [-0.4, -0.2) is 9.13 Å². The standard InChI is InChI=1S/C24H21N2O4P/c1-25-22(27)21(23(28)26(2)24(25)29)30-31(18-12-6-3-7-13-18,19-14-8-4-9-15-19)20-16-10-5-11-17-20/h3-17H,1-2H3. The molecule has 6 nitrogen and oxygen atoms in total. The fourth-order valence-corrected chi connectivity index (χ4v) is 6.95. The van der Waals surface area contributed by atoms with E-state index in [1.807, 2.05) is 91.0 Å². The maximum absolute atomic E-state index is 13.0. The van der Waals surface area contributed by atoms with Gasteiger partial charge in [-0.2, -0.15) is 0 Å². The average Bonchev–Trinajstić information content (AvgIpc) is 2.83. The van der Waals surface area contributed by atoms with Crippen LogP contribution >= 0.6 is 7.49 Å². The van der Waals surface area contributed by atoms with Gasteiger partial charge in [0.2, 0.25) is 5.75 Å². The van der Waals surface area contributed by atoms with Gasteiger partial charge in [-0.1, -0.05) is 54.6 Å². The monoisotopic (exact) mass is 432 g/mol. The summed E-state index contributed by atoms with van der Waals surface area (Å²) in [6.45, 7) is 0. The number of nitrogens with zero attached hydrogens (tertiary/aromatic N) is 2. The van der Waals surface area contributed by atoms with Crippen LogP contribution in [0.4, 0.5) is 0 Å². The molecule has 31 heavy (non-hydrogen) atoms. The van der Waals surface area contributed by atoms with Crippen LogP contribution in [0.25, 0.3) is 0 Å². The van der Waals surface area contributed by atoms with Gasteiger partial charge in [0.05, 0.1) is 0 Å². The fourth-order valence-electron chi connectivity index (χ4n) is 3.53. The molecule has 0 atom stereocenters. The first-order valence-electron chi connectivity index (χ1n) is 9.69. The molecular weight excluding hydrogens is 411 g/mol. The number of hydrogen-bond acceptors (Lipinski definition) is 4. The second kappa shape index (κ2) is 8.25. The summed E-state index contributed by atoms with van der Waals surface area (Å²) in [4.78, 5) is 25.2. The van der Waals surface area contributed by atoms with Crippen LogP contribution < -0.4 is 36.8 Å². The molecule has 7 heteroatoms. The summed E-state index contributed by atoms with van der Waals surface area (Å²) in [7, 11) is -0.237. The van der Waals surface area contributed by atoms with E-state index in [9.17, 15) is 14.7 Å². The van der Waals surface area contributed by atoms with Crippen molar-refractivity contribution < 1.29 is 9.63 Å². The minimum atomic E-state index is -2.91. The molecule has 0 radical (unpaired) electrons. The Balaban J connectivity index is 2.10. The Morgan fingerprint density at radius 2 is 1.06 bits per heavy atom. The third kappa shape index (κ3) is 3.45. The Morgan fingerprint density at radius 3 is 1.45 bits per heavy atom. The second-order valence-corrected chi connectivity index (χ2v) is 10.00. The molecule has 1 heterocycles. The highest BCUT2D eigenvalue weighted by molar-refractivity contribution is 7.92. The van der Waals surface area contributed by atoms with Crippen LogP contribution in [0.3, 0.4) is 0 Å². The van der Waals surface area contributed by atoms with Gasteiger partial charge in [-0.3, -0.25) is 9.36 Å². The van der Waals surface area contributed by atoms with Gasteiger partial charge < -0.3 is 14.2 Å². The van der Waals surface area contributed by atoms with Crippen LogP contribution in [0, 0.1) is 0 Å². The first kappa shape index (κ1) is 20.6. The van der Waals surface area contributed by atoms with Crippen molar-refractivity contribution in [1.82, 2.24) is 9.13 Å². The SMILES string of the molecule is Cn1c([O-])c(O[P+](c2ccccc2)(c2ccccc2)c2ccccc2)c(=O)n(C)c1=O. The summed E-state index contributed by atoms with van der Waals surface area (Å²) in [5.74, 6) is -1.12. The van der Waals surface area contributed by atoms with Crippen LogP contribution in [0.1, 0.15) is 0 Å². The van der Waals surface area contributed by atoms with E-state index in [4.69, 9.17) is 4.52 Å². The number of rotatable bonds is 5. The molecule has 0 bridgehead atoms. The summed E-state index contributed by atoms with van der Waals surface area (Å²) in [6, 6.07) is 28.7. The topological polar surface area (TPSA) is 76.3 Å². The van der Waals surface area contributed by atoms with E-state index in [1.165, 1.54) is 14.1 Å². The van der Waals surface area contributed by atoms with E-state index in [-0.39, 0.29) is 5.75 Å². The molecular formula is C24H21N2O4P. The highest BCUT2D eigenvalue weighted by Gasteiger charge is 2.50. The molecule has 0 aliphatic heterocycles. The second-order valence-electron chi connectivity index (χ2n) is 7.05. The molecule has 4 aromatic rings. The molecule has 0 unspecified atom stereocenters. The molecule has 3 aromatic carbocycles. The largest absolute Gasteiger partial charge is 0.857 e. The van der Waals surface area contributed by atoms with Crippen LogP contribution in [0.2, 0.25) is 0 Å². The van der Waals surface area contributed by atoms with Gasteiger partial charge in [0.1, 0.15) is 15.9 Å². The van der Waals surface area contributed by atoms with E-state index >= 15 is 0 Å². The van der Waals surface area contributed by atoms with Crippen molar-refractivity contribution in [3.8, 4) is 11.6 Å². The predicted molar refractivity (Wildman–Crippen MR) is 122 cm³/mol. The van der Waals surface area contributed by atoms with Crippen LogP contribution in [-0.2, 0) is 14.1 Å². The van der Waals surface area contributed by atoms with E-state index in [0.717, 1.165) is 25.0 Å². The zero-order valence-electron chi connectivity index (χ0n) is 17.1. The van der Waals surface area contributed by atoms with Crippen molar-refractivity contribution >= 4 is 23.4 Å². The van der Waals surface area contributed by atoms with E-state index in [2.05, 4.69) is 0 Å². The molecule has 0 amide bonds. The summed E-state index contributed by atoms with van der Waals surface area (Å²) in [5.41, 5.74) is -1.44. The first-order valence-corrected chi connectivity index (χ1v) is 11.4. The molecule has 0 spiro atoms. The number of benzene rings is 3. The van der Waals surface area contributed by atoms with Gasteiger partial charge in [-0.15, -0.1) is 0 Å². The highest BCUT2D eigenvalue weighted by atomic mass is 31.2. The van der Waals surface area contributed by atoms with Crippen LogP contribution in [0.5, 0.6) is 11.6 Å². The maximum Gasteiger partial charge on any atom is 0.330 e. The zero-order chi connectivity index (χ0) is 22.0. The molecule has 1 aromatic heterocycles. The molecule has 4 rings (SSSR count). The Morgan fingerprint density at radius 1 is 0.677 bits per heavy atom. The lowest BCUT2D eigenvalue weighted by Gasteiger charge is -2.28. The Kier molecular flexibility index (Phi) is 5.49. The number of aromatic nitrogens is 2. The molecule has 0 saturated heterocycles. The van der Waals surface area contributed by atoms with Gasteiger partial charge >= 0.3 is 11.2 Å². The van der Waals surface area contributed by atoms with Gasteiger partial charge in [0.25, 0.3) is 7.49 Å². The summed E-state index contributed by atoms with van der Waals surface area (Å²) < 4.78 is 8.33. The molecule has 0 aliphatic carbocycles. The quantitative estimate of drug-likeness (QED) is 0.448. The van der Waals surface area contributed by atoms with Gasteiger partial charge in [-0.05, 0) is 36.4 Å². The molecule has 0 fully saturated rings. The first-order chi connectivity index (χ1) is 15.0. The Hall–Kier alpha value is -3.63.